The molecule has 0 amide bonds. The number of aromatic amines is 1. The second kappa shape index (κ2) is 6.60. The minimum atomic E-state index is -4.24. The van der Waals surface area contributed by atoms with E-state index in [4.69, 9.17) is 4.74 Å². The van der Waals surface area contributed by atoms with Crippen LogP contribution in [0.3, 0.4) is 0 Å². The van der Waals surface area contributed by atoms with Crippen molar-refractivity contribution in [2.45, 2.75) is 25.7 Å². The highest BCUT2D eigenvalue weighted by Crippen LogP contribution is 2.27. The van der Waals surface area contributed by atoms with Gasteiger partial charge in [-0.15, -0.1) is 0 Å². The van der Waals surface area contributed by atoms with Gasteiger partial charge in [0.25, 0.3) is 10.0 Å². The third-order valence-electron chi connectivity index (χ3n) is 3.29. The molecule has 1 heterocycles. The first-order valence-corrected chi connectivity index (χ1v) is 8.49. The summed E-state index contributed by atoms with van der Waals surface area (Å²) in [5.74, 6) is -2.41. The summed E-state index contributed by atoms with van der Waals surface area (Å²) in [5, 5.41) is 0. The van der Waals surface area contributed by atoms with Crippen LogP contribution < -0.4 is 4.72 Å². The summed E-state index contributed by atoms with van der Waals surface area (Å²) in [7, 11) is -4.24. The normalized spacial score (nSPS) is 11.4. The fourth-order valence-corrected chi connectivity index (χ4v) is 3.82. The lowest BCUT2D eigenvalue weighted by Gasteiger charge is -2.10. The van der Waals surface area contributed by atoms with Gasteiger partial charge in [0, 0.05) is 17.3 Å². The molecule has 0 atom stereocenters. The van der Waals surface area contributed by atoms with Crippen LogP contribution >= 0.6 is 0 Å². The van der Waals surface area contributed by atoms with Crippen LogP contribution in [0, 0.1) is 25.5 Å². The molecule has 24 heavy (non-hydrogen) atoms. The second-order valence-electron chi connectivity index (χ2n) is 5.03. The number of aryl methyl sites for hydroxylation is 1. The van der Waals surface area contributed by atoms with Gasteiger partial charge in [-0.05, 0) is 32.9 Å². The Hall–Kier alpha value is -2.42. The van der Waals surface area contributed by atoms with Crippen LogP contribution in [0.2, 0.25) is 0 Å². The number of carbonyl (C=O) groups is 1. The third kappa shape index (κ3) is 3.40. The lowest BCUT2D eigenvalue weighted by atomic mass is 10.2. The zero-order chi connectivity index (χ0) is 18.1. The van der Waals surface area contributed by atoms with Crippen LogP contribution in [0.25, 0.3) is 0 Å². The molecule has 0 saturated carbocycles. The molecule has 2 N–H and O–H groups in total. The maximum absolute atomic E-state index is 13.7. The summed E-state index contributed by atoms with van der Waals surface area (Å²) in [4.78, 5) is 14.3. The Morgan fingerprint density at radius 1 is 1.29 bits per heavy atom. The van der Waals surface area contributed by atoms with Crippen LogP contribution in [-0.4, -0.2) is 26.0 Å². The van der Waals surface area contributed by atoms with E-state index in [0.29, 0.717) is 0 Å². The molecule has 0 bridgehead atoms. The number of nitrogens with one attached hydrogen (secondary N) is 2. The van der Waals surface area contributed by atoms with Gasteiger partial charge in [-0.3, -0.25) is 4.72 Å². The van der Waals surface area contributed by atoms with Crippen LogP contribution in [0.1, 0.15) is 28.7 Å². The molecule has 2 rings (SSSR count). The Kier molecular flexibility index (Phi) is 4.93. The van der Waals surface area contributed by atoms with E-state index in [1.807, 2.05) is 4.72 Å². The number of hydrogen-bond donors (Lipinski definition) is 2. The summed E-state index contributed by atoms with van der Waals surface area (Å²) in [6.45, 7) is 4.62. The first-order valence-electron chi connectivity index (χ1n) is 7.01. The molecule has 0 aliphatic carbocycles. The number of H-pyrrole nitrogens is 1. The Labute approximate surface area is 137 Å². The van der Waals surface area contributed by atoms with Gasteiger partial charge in [0.15, 0.2) is 0 Å². The van der Waals surface area contributed by atoms with Crippen molar-refractivity contribution in [3.8, 4) is 0 Å². The van der Waals surface area contributed by atoms with E-state index in [9.17, 15) is 22.0 Å². The van der Waals surface area contributed by atoms with E-state index in [-0.39, 0.29) is 28.5 Å². The zero-order valence-corrected chi connectivity index (χ0v) is 14.1. The summed E-state index contributed by atoms with van der Waals surface area (Å²) in [6, 6.07) is 2.42. The molecule has 1 aromatic carbocycles. The SMILES string of the molecule is CCOC(=O)c1[nH]c(C)c(S(=O)(=O)Nc2cc(F)ccc2F)c1C. The fourth-order valence-electron chi connectivity index (χ4n) is 2.31. The van der Waals surface area contributed by atoms with Crippen molar-refractivity contribution >= 4 is 21.7 Å². The topological polar surface area (TPSA) is 88.3 Å². The van der Waals surface area contributed by atoms with Crippen molar-refractivity contribution in [1.82, 2.24) is 4.98 Å². The quantitative estimate of drug-likeness (QED) is 0.805. The van der Waals surface area contributed by atoms with Crippen molar-refractivity contribution in [3.05, 3.63) is 46.8 Å². The van der Waals surface area contributed by atoms with Gasteiger partial charge < -0.3 is 9.72 Å². The van der Waals surface area contributed by atoms with E-state index in [1.165, 1.54) is 13.8 Å². The first kappa shape index (κ1) is 17.9. The van der Waals surface area contributed by atoms with Crippen LogP contribution in [0.4, 0.5) is 14.5 Å². The van der Waals surface area contributed by atoms with Crippen LogP contribution in [-0.2, 0) is 14.8 Å². The highest BCUT2D eigenvalue weighted by molar-refractivity contribution is 7.92. The number of ether oxygens (including phenoxy) is 1. The van der Waals surface area contributed by atoms with Gasteiger partial charge >= 0.3 is 5.97 Å². The largest absolute Gasteiger partial charge is 0.461 e. The summed E-state index contributed by atoms with van der Waals surface area (Å²) < 4.78 is 58.8. The molecule has 0 aliphatic heterocycles. The number of carbonyl (C=O) groups excluding carboxylic acids is 1. The second-order valence-corrected chi connectivity index (χ2v) is 6.65. The van der Waals surface area contributed by atoms with E-state index in [2.05, 4.69) is 4.98 Å². The standard InChI is InChI=1S/C15H16F2N2O4S/c1-4-23-15(20)13-8(2)14(9(3)18-13)24(21,22)19-12-7-10(16)5-6-11(12)17/h5-7,18-19H,4H2,1-3H3. The predicted molar refractivity (Wildman–Crippen MR) is 83.4 cm³/mol. The molecular weight excluding hydrogens is 342 g/mol. The highest BCUT2D eigenvalue weighted by Gasteiger charge is 2.28. The molecule has 0 spiro atoms. The maximum Gasteiger partial charge on any atom is 0.355 e. The van der Waals surface area contributed by atoms with Gasteiger partial charge in [0.2, 0.25) is 0 Å². The first-order chi connectivity index (χ1) is 11.2. The summed E-state index contributed by atoms with van der Waals surface area (Å²) >= 11 is 0. The average molecular weight is 358 g/mol. The van der Waals surface area contributed by atoms with E-state index < -0.39 is 33.3 Å². The Bertz CT molecular complexity index is 891. The van der Waals surface area contributed by atoms with Crippen molar-refractivity contribution in [1.29, 1.82) is 0 Å². The molecule has 9 heteroatoms. The number of halogens is 2. The number of benzene rings is 1. The van der Waals surface area contributed by atoms with E-state index in [0.717, 1.165) is 18.2 Å². The Morgan fingerprint density at radius 3 is 2.58 bits per heavy atom. The number of sulfonamides is 1. The van der Waals surface area contributed by atoms with Gasteiger partial charge in [0.1, 0.15) is 22.2 Å². The Balaban J connectivity index is 2.47. The van der Waals surface area contributed by atoms with Crippen molar-refractivity contribution < 1.29 is 26.7 Å². The van der Waals surface area contributed by atoms with Gasteiger partial charge in [-0.1, -0.05) is 0 Å². The third-order valence-corrected chi connectivity index (χ3v) is 4.93. The average Bonchev–Trinajstić information content (AvgIpc) is 2.78. The molecule has 0 aliphatic rings. The van der Waals surface area contributed by atoms with Crippen molar-refractivity contribution in [3.63, 3.8) is 0 Å². The summed E-state index contributed by atoms with van der Waals surface area (Å²) in [6.07, 6.45) is 0. The summed E-state index contributed by atoms with van der Waals surface area (Å²) in [5.41, 5.74) is -0.211. The van der Waals surface area contributed by atoms with Crippen molar-refractivity contribution in [2.24, 2.45) is 0 Å². The molecule has 6 nitrogen and oxygen atoms in total. The number of aromatic nitrogens is 1. The maximum atomic E-state index is 13.7. The molecular formula is C15H16F2N2O4S. The van der Waals surface area contributed by atoms with Crippen LogP contribution in [0.5, 0.6) is 0 Å². The lowest BCUT2D eigenvalue weighted by molar-refractivity contribution is 0.0519. The molecule has 0 saturated heterocycles. The number of esters is 1. The lowest BCUT2D eigenvalue weighted by Crippen LogP contribution is -2.16. The molecule has 0 unspecified atom stereocenters. The van der Waals surface area contributed by atoms with Crippen LogP contribution in [0.15, 0.2) is 23.1 Å². The fraction of sp³-hybridized carbons (Fsp3) is 0.267. The number of anilines is 1. The molecule has 0 radical (unpaired) electrons. The molecule has 1 aromatic heterocycles. The monoisotopic (exact) mass is 358 g/mol. The minimum Gasteiger partial charge on any atom is -0.461 e. The molecule has 2 aromatic rings. The smallest absolute Gasteiger partial charge is 0.355 e. The van der Waals surface area contributed by atoms with E-state index in [1.54, 1.807) is 6.92 Å². The van der Waals surface area contributed by atoms with Crippen molar-refractivity contribution in [2.75, 3.05) is 11.3 Å². The van der Waals surface area contributed by atoms with E-state index >= 15 is 0 Å². The molecule has 0 fully saturated rings. The Morgan fingerprint density at radius 2 is 1.96 bits per heavy atom. The van der Waals surface area contributed by atoms with Gasteiger partial charge in [0.05, 0.1) is 12.3 Å². The number of hydrogen-bond acceptors (Lipinski definition) is 4. The van der Waals surface area contributed by atoms with Gasteiger partial charge in [-0.2, -0.15) is 0 Å². The van der Waals surface area contributed by atoms with Gasteiger partial charge in [-0.25, -0.2) is 22.0 Å². The molecule has 130 valence electrons. The predicted octanol–water partition coefficient (Wildman–Crippen LogP) is 2.89. The number of rotatable bonds is 5. The zero-order valence-electron chi connectivity index (χ0n) is 13.2. The highest BCUT2D eigenvalue weighted by atomic mass is 32.2. The minimum absolute atomic E-state index is 0.00515.